The number of nitrogens with one attached hydrogen (secondary N) is 1. The molecule has 1 saturated heterocycles. The van der Waals surface area contributed by atoms with Gasteiger partial charge in [0.15, 0.2) is 11.6 Å². The summed E-state index contributed by atoms with van der Waals surface area (Å²) in [7, 11) is 2.11. The van der Waals surface area contributed by atoms with Crippen LogP contribution in [0.25, 0.3) is 11.4 Å². The topological polar surface area (TPSA) is 54.0 Å². The predicted octanol–water partition coefficient (Wildman–Crippen LogP) is 3.16. The Hall–Kier alpha value is -1.72. The van der Waals surface area contributed by atoms with E-state index >= 15 is 0 Å². The average Bonchev–Trinajstić information content (AvgIpc) is 2.95. The van der Waals surface area contributed by atoms with Crippen LogP contribution in [0.5, 0.6) is 0 Å². The molecule has 0 aliphatic carbocycles. The second-order valence-corrected chi connectivity index (χ2v) is 7.53. The summed E-state index contributed by atoms with van der Waals surface area (Å²) in [5.41, 5.74) is 2.49. The molecule has 23 heavy (non-hydrogen) atoms. The minimum Gasteiger partial charge on any atom is -0.365 e. The SMILES string of the molecule is CC1CN(C)CC(c2nc(-c3ccc(C(C)(C)C)cc3)n[nH]2)O1. The van der Waals surface area contributed by atoms with Crippen LogP contribution in [0.2, 0.25) is 0 Å². The molecule has 2 aromatic rings. The number of hydrogen-bond donors (Lipinski definition) is 1. The van der Waals surface area contributed by atoms with Gasteiger partial charge < -0.3 is 9.64 Å². The first-order chi connectivity index (χ1) is 10.8. The van der Waals surface area contributed by atoms with Crippen molar-refractivity contribution in [3.8, 4) is 11.4 Å². The molecule has 2 unspecified atom stereocenters. The van der Waals surface area contributed by atoms with Gasteiger partial charge in [0.05, 0.1) is 6.10 Å². The number of morpholine rings is 1. The molecule has 1 aromatic carbocycles. The molecular weight excluding hydrogens is 288 g/mol. The van der Waals surface area contributed by atoms with Crippen molar-refractivity contribution in [3.63, 3.8) is 0 Å². The van der Waals surface area contributed by atoms with E-state index in [0.29, 0.717) is 0 Å². The number of likely N-dealkylation sites (N-methyl/N-ethyl adjacent to an activating group) is 1. The quantitative estimate of drug-likeness (QED) is 0.925. The number of rotatable bonds is 2. The molecule has 1 aliphatic rings. The molecule has 1 aliphatic heterocycles. The van der Waals surface area contributed by atoms with E-state index in [1.165, 1.54) is 5.56 Å². The molecule has 1 N–H and O–H groups in total. The zero-order valence-electron chi connectivity index (χ0n) is 14.6. The van der Waals surface area contributed by atoms with Crippen molar-refractivity contribution in [2.75, 3.05) is 20.1 Å². The Labute approximate surface area is 138 Å². The Morgan fingerprint density at radius 2 is 1.87 bits per heavy atom. The molecule has 0 spiro atoms. The molecule has 0 amide bonds. The average molecular weight is 314 g/mol. The van der Waals surface area contributed by atoms with Gasteiger partial charge in [-0.2, -0.15) is 5.10 Å². The van der Waals surface area contributed by atoms with Crippen molar-refractivity contribution in [3.05, 3.63) is 35.7 Å². The van der Waals surface area contributed by atoms with Crippen LogP contribution in [0.4, 0.5) is 0 Å². The van der Waals surface area contributed by atoms with E-state index in [1.54, 1.807) is 0 Å². The summed E-state index contributed by atoms with van der Waals surface area (Å²) in [4.78, 5) is 6.91. The molecule has 5 nitrogen and oxygen atoms in total. The summed E-state index contributed by atoms with van der Waals surface area (Å²) in [6.07, 6.45) is 0.164. The Morgan fingerprint density at radius 1 is 1.17 bits per heavy atom. The third kappa shape index (κ3) is 3.62. The standard InChI is InChI=1S/C18H26N4O/c1-12-10-22(5)11-15(23-12)17-19-16(20-21-17)13-6-8-14(9-7-13)18(2,3)4/h6-9,12,15H,10-11H2,1-5H3,(H,19,20,21). The van der Waals surface area contributed by atoms with Crippen LogP contribution in [-0.4, -0.2) is 46.3 Å². The second-order valence-electron chi connectivity index (χ2n) is 7.53. The number of hydrogen-bond acceptors (Lipinski definition) is 4. The van der Waals surface area contributed by atoms with Crippen LogP contribution in [0.1, 0.15) is 45.2 Å². The zero-order valence-corrected chi connectivity index (χ0v) is 14.6. The monoisotopic (exact) mass is 314 g/mol. The van der Waals surface area contributed by atoms with Gasteiger partial charge in [-0.25, -0.2) is 4.98 Å². The summed E-state index contributed by atoms with van der Waals surface area (Å²) in [6.45, 7) is 10.5. The van der Waals surface area contributed by atoms with E-state index in [-0.39, 0.29) is 17.6 Å². The lowest BCUT2D eigenvalue weighted by Gasteiger charge is -2.33. The molecule has 3 rings (SSSR count). The first kappa shape index (κ1) is 16.1. The molecule has 1 aromatic heterocycles. The van der Waals surface area contributed by atoms with Gasteiger partial charge in [-0.3, -0.25) is 5.10 Å². The van der Waals surface area contributed by atoms with Crippen molar-refractivity contribution in [2.24, 2.45) is 0 Å². The van der Waals surface area contributed by atoms with Crippen LogP contribution in [0.15, 0.2) is 24.3 Å². The Balaban J connectivity index is 1.79. The largest absolute Gasteiger partial charge is 0.365 e. The van der Waals surface area contributed by atoms with E-state index in [4.69, 9.17) is 4.74 Å². The predicted molar refractivity (Wildman–Crippen MR) is 91.3 cm³/mol. The van der Waals surface area contributed by atoms with Crippen molar-refractivity contribution in [1.29, 1.82) is 0 Å². The number of aromatic nitrogens is 3. The number of ether oxygens (including phenoxy) is 1. The maximum atomic E-state index is 5.98. The molecular formula is C18H26N4O. The Kier molecular flexibility index (Phi) is 4.25. The Bertz CT molecular complexity index is 646. The van der Waals surface area contributed by atoms with E-state index in [1.807, 2.05) is 0 Å². The zero-order chi connectivity index (χ0) is 16.6. The fourth-order valence-corrected chi connectivity index (χ4v) is 2.98. The van der Waals surface area contributed by atoms with Gasteiger partial charge >= 0.3 is 0 Å². The van der Waals surface area contributed by atoms with Crippen LogP contribution in [0, 0.1) is 0 Å². The summed E-state index contributed by atoms with van der Waals surface area (Å²) in [5, 5.41) is 7.42. The van der Waals surface area contributed by atoms with E-state index in [9.17, 15) is 0 Å². The van der Waals surface area contributed by atoms with Crippen LogP contribution >= 0.6 is 0 Å². The van der Waals surface area contributed by atoms with Gasteiger partial charge in [-0.15, -0.1) is 0 Å². The van der Waals surface area contributed by atoms with Crippen molar-refractivity contribution in [2.45, 2.75) is 45.3 Å². The number of H-pyrrole nitrogens is 1. The van der Waals surface area contributed by atoms with Crippen molar-refractivity contribution >= 4 is 0 Å². The highest BCUT2D eigenvalue weighted by atomic mass is 16.5. The van der Waals surface area contributed by atoms with E-state index < -0.39 is 0 Å². The Morgan fingerprint density at radius 3 is 2.48 bits per heavy atom. The van der Waals surface area contributed by atoms with Crippen molar-refractivity contribution in [1.82, 2.24) is 20.1 Å². The summed E-state index contributed by atoms with van der Waals surface area (Å²) in [5.74, 6) is 1.53. The molecule has 0 radical (unpaired) electrons. The first-order valence-corrected chi connectivity index (χ1v) is 8.20. The second kappa shape index (κ2) is 6.06. The number of aromatic amines is 1. The van der Waals surface area contributed by atoms with Gasteiger partial charge in [-0.1, -0.05) is 45.0 Å². The van der Waals surface area contributed by atoms with Gasteiger partial charge in [0.2, 0.25) is 0 Å². The summed E-state index contributed by atoms with van der Waals surface area (Å²) < 4.78 is 5.98. The van der Waals surface area contributed by atoms with Gasteiger partial charge in [0, 0.05) is 18.7 Å². The molecule has 124 valence electrons. The minimum atomic E-state index is -0.0427. The maximum Gasteiger partial charge on any atom is 0.181 e. The van der Waals surface area contributed by atoms with Gasteiger partial charge in [-0.05, 0) is 24.9 Å². The molecule has 1 fully saturated rings. The normalized spacial score (nSPS) is 23.2. The third-order valence-electron chi connectivity index (χ3n) is 4.26. The van der Waals surface area contributed by atoms with Crippen LogP contribution in [0.3, 0.4) is 0 Å². The fraction of sp³-hybridized carbons (Fsp3) is 0.556. The molecule has 0 bridgehead atoms. The fourth-order valence-electron chi connectivity index (χ4n) is 2.98. The molecule has 2 atom stereocenters. The van der Waals surface area contributed by atoms with Crippen molar-refractivity contribution < 1.29 is 4.74 Å². The van der Waals surface area contributed by atoms with Gasteiger partial charge in [0.1, 0.15) is 6.10 Å². The molecule has 2 heterocycles. The van der Waals surface area contributed by atoms with E-state index in [2.05, 4.69) is 79.1 Å². The smallest absolute Gasteiger partial charge is 0.181 e. The minimum absolute atomic E-state index is 0.0427. The highest BCUT2D eigenvalue weighted by Gasteiger charge is 2.27. The highest BCUT2D eigenvalue weighted by Crippen LogP contribution is 2.26. The molecule has 5 heteroatoms. The lowest BCUT2D eigenvalue weighted by atomic mass is 9.87. The lowest BCUT2D eigenvalue weighted by Crippen LogP contribution is -2.40. The summed E-state index contributed by atoms with van der Waals surface area (Å²) >= 11 is 0. The highest BCUT2D eigenvalue weighted by molar-refractivity contribution is 5.55. The lowest BCUT2D eigenvalue weighted by molar-refractivity contribution is -0.0751. The maximum absolute atomic E-state index is 5.98. The summed E-state index contributed by atoms with van der Waals surface area (Å²) in [6, 6.07) is 8.48. The van der Waals surface area contributed by atoms with Crippen LogP contribution < -0.4 is 0 Å². The first-order valence-electron chi connectivity index (χ1n) is 8.20. The third-order valence-corrected chi connectivity index (χ3v) is 4.26. The van der Waals surface area contributed by atoms with Gasteiger partial charge in [0.25, 0.3) is 0 Å². The van der Waals surface area contributed by atoms with Crippen LogP contribution in [-0.2, 0) is 10.2 Å². The molecule has 0 saturated carbocycles. The van der Waals surface area contributed by atoms with E-state index in [0.717, 1.165) is 30.3 Å². The number of nitrogens with zero attached hydrogens (tertiary/aromatic N) is 3. The number of benzene rings is 1.